The second kappa shape index (κ2) is 8.84. The van der Waals surface area contributed by atoms with E-state index in [1.54, 1.807) is 12.4 Å². The molecule has 0 aliphatic carbocycles. The maximum Gasteiger partial charge on any atom is 0.0884 e. The summed E-state index contributed by atoms with van der Waals surface area (Å²) < 4.78 is 0. The maximum absolute atomic E-state index is 4.42. The van der Waals surface area contributed by atoms with E-state index in [2.05, 4.69) is 35.1 Å². The topological polar surface area (TPSA) is 25.8 Å². The van der Waals surface area contributed by atoms with Crippen molar-refractivity contribution >= 4 is 5.57 Å². The first-order valence-electron chi connectivity index (χ1n) is 5.89. The predicted molar refractivity (Wildman–Crippen MR) is 71.2 cm³/mol. The van der Waals surface area contributed by atoms with Gasteiger partial charge in [0.25, 0.3) is 0 Å². The first-order valence-corrected chi connectivity index (χ1v) is 5.89. The van der Waals surface area contributed by atoms with Gasteiger partial charge >= 0.3 is 0 Å². The second-order valence-corrected chi connectivity index (χ2v) is 3.10. The van der Waals surface area contributed by atoms with Crippen LogP contribution in [-0.2, 0) is 0 Å². The van der Waals surface area contributed by atoms with Crippen LogP contribution in [0.25, 0.3) is 5.57 Å². The molecule has 0 fully saturated rings. The molecule has 1 rings (SSSR count). The lowest BCUT2D eigenvalue weighted by atomic mass is 10.1. The SMILES string of the molecule is C/C=C(\C=C/CC)c1cncc(C)n1.CC. The van der Waals surface area contributed by atoms with E-state index in [-0.39, 0.29) is 0 Å². The first kappa shape index (κ1) is 14.6. The molecule has 1 aromatic heterocycles. The van der Waals surface area contributed by atoms with Crippen molar-refractivity contribution in [3.05, 3.63) is 42.0 Å². The van der Waals surface area contributed by atoms with Gasteiger partial charge in [-0.05, 0) is 25.8 Å². The molecule has 16 heavy (non-hydrogen) atoms. The van der Waals surface area contributed by atoms with Crippen molar-refractivity contribution in [3.8, 4) is 0 Å². The molecule has 2 heteroatoms. The quantitative estimate of drug-likeness (QED) is 0.711. The molecule has 0 bridgehead atoms. The fraction of sp³-hybridized carbons (Fsp3) is 0.429. The number of allylic oxidation sites excluding steroid dienone is 4. The van der Waals surface area contributed by atoms with E-state index < -0.39 is 0 Å². The third-order valence-electron chi connectivity index (χ3n) is 1.89. The molecule has 0 unspecified atom stereocenters. The van der Waals surface area contributed by atoms with Gasteiger partial charge in [-0.1, -0.05) is 39.0 Å². The zero-order valence-corrected chi connectivity index (χ0v) is 11.0. The van der Waals surface area contributed by atoms with Gasteiger partial charge in [-0.3, -0.25) is 4.98 Å². The number of aromatic nitrogens is 2. The summed E-state index contributed by atoms with van der Waals surface area (Å²) >= 11 is 0. The fourth-order valence-electron chi connectivity index (χ4n) is 1.18. The van der Waals surface area contributed by atoms with Crippen LogP contribution < -0.4 is 0 Å². The molecule has 0 saturated carbocycles. The molecule has 0 radical (unpaired) electrons. The molecule has 0 aromatic carbocycles. The monoisotopic (exact) mass is 218 g/mol. The molecule has 0 N–H and O–H groups in total. The third kappa shape index (κ3) is 4.87. The Morgan fingerprint density at radius 3 is 2.50 bits per heavy atom. The zero-order valence-electron chi connectivity index (χ0n) is 11.0. The molecule has 0 amide bonds. The van der Waals surface area contributed by atoms with E-state index in [0.717, 1.165) is 23.4 Å². The minimum absolute atomic E-state index is 0.942. The Hall–Kier alpha value is -1.44. The molecule has 0 aliphatic heterocycles. The molecular weight excluding hydrogens is 196 g/mol. The highest BCUT2D eigenvalue weighted by Gasteiger charge is 1.98. The van der Waals surface area contributed by atoms with Gasteiger partial charge in [0.05, 0.1) is 17.6 Å². The van der Waals surface area contributed by atoms with Crippen LogP contribution in [0.4, 0.5) is 0 Å². The Bertz CT molecular complexity index is 352. The van der Waals surface area contributed by atoms with Gasteiger partial charge in [0.1, 0.15) is 0 Å². The van der Waals surface area contributed by atoms with Gasteiger partial charge < -0.3 is 0 Å². The van der Waals surface area contributed by atoms with E-state index in [4.69, 9.17) is 0 Å². The van der Waals surface area contributed by atoms with Crippen LogP contribution in [0.1, 0.15) is 45.5 Å². The van der Waals surface area contributed by atoms with Crippen LogP contribution >= 0.6 is 0 Å². The highest BCUT2D eigenvalue weighted by Crippen LogP contribution is 2.12. The number of rotatable bonds is 3. The molecule has 2 nitrogen and oxygen atoms in total. The lowest BCUT2D eigenvalue weighted by molar-refractivity contribution is 1.09. The lowest BCUT2D eigenvalue weighted by Gasteiger charge is -2.00. The maximum atomic E-state index is 4.42. The van der Waals surface area contributed by atoms with Crippen molar-refractivity contribution in [2.45, 2.75) is 41.0 Å². The summed E-state index contributed by atoms with van der Waals surface area (Å²) in [7, 11) is 0. The standard InChI is InChI=1S/C12H16N2.C2H6/c1-4-6-7-11(5-2)12-9-13-8-10(3)14-12;1-2/h5-9H,4H2,1-3H3;1-2H3/b7-6-,11-5+;. The predicted octanol–water partition coefficient (Wildman–Crippen LogP) is 4.18. The van der Waals surface area contributed by atoms with Crippen LogP contribution in [-0.4, -0.2) is 9.97 Å². The molecule has 0 atom stereocenters. The first-order chi connectivity index (χ1) is 7.77. The Morgan fingerprint density at radius 1 is 1.31 bits per heavy atom. The lowest BCUT2D eigenvalue weighted by Crippen LogP contribution is -1.91. The van der Waals surface area contributed by atoms with Crippen LogP contribution in [0.5, 0.6) is 0 Å². The highest BCUT2D eigenvalue weighted by molar-refractivity contribution is 5.70. The number of aryl methyl sites for hydroxylation is 1. The molecule has 0 saturated heterocycles. The molecule has 1 heterocycles. The van der Waals surface area contributed by atoms with Crippen LogP contribution in [0.15, 0.2) is 30.6 Å². The molecule has 88 valence electrons. The summed E-state index contributed by atoms with van der Waals surface area (Å²) in [5, 5.41) is 0. The molecular formula is C14H22N2. The smallest absolute Gasteiger partial charge is 0.0884 e. The van der Waals surface area contributed by atoms with E-state index >= 15 is 0 Å². The number of hydrogen-bond acceptors (Lipinski definition) is 2. The average molecular weight is 218 g/mol. The van der Waals surface area contributed by atoms with Crippen LogP contribution in [0, 0.1) is 6.92 Å². The van der Waals surface area contributed by atoms with Gasteiger partial charge in [0.2, 0.25) is 0 Å². The largest absolute Gasteiger partial charge is 0.261 e. The van der Waals surface area contributed by atoms with Crippen molar-refractivity contribution in [2.75, 3.05) is 0 Å². The van der Waals surface area contributed by atoms with Crippen LogP contribution in [0.2, 0.25) is 0 Å². The van der Waals surface area contributed by atoms with Gasteiger partial charge in [-0.25, -0.2) is 4.98 Å². The summed E-state index contributed by atoms with van der Waals surface area (Å²) in [6.45, 7) is 10.1. The van der Waals surface area contributed by atoms with Gasteiger partial charge in [0.15, 0.2) is 0 Å². The summed E-state index contributed by atoms with van der Waals surface area (Å²) in [6, 6.07) is 0. The molecule has 0 spiro atoms. The average Bonchev–Trinajstić information content (AvgIpc) is 2.33. The van der Waals surface area contributed by atoms with Crippen molar-refractivity contribution < 1.29 is 0 Å². The van der Waals surface area contributed by atoms with E-state index in [1.165, 1.54) is 0 Å². The Balaban J connectivity index is 0.00000106. The number of nitrogens with zero attached hydrogens (tertiary/aromatic N) is 2. The Labute approximate surface area is 99.1 Å². The zero-order chi connectivity index (χ0) is 12.4. The van der Waals surface area contributed by atoms with Gasteiger partial charge in [-0.2, -0.15) is 0 Å². The van der Waals surface area contributed by atoms with Crippen molar-refractivity contribution in [1.29, 1.82) is 0 Å². The minimum atomic E-state index is 0.942. The Kier molecular flexibility index (Phi) is 8.04. The van der Waals surface area contributed by atoms with E-state index in [0.29, 0.717) is 0 Å². The summed E-state index contributed by atoms with van der Waals surface area (Å²) in [5.74, 6) is 0. The summed E-state index contributed by atoms with van der Waals surface area (Å²) in [5.41, 5.74) is 3.02. The van der Waals surface area contributed by atoms with E-state index in [1.807, 2.05) is 27.7 Å². The van der Waals surface area contributed by atoms with Crippen LogP contribution in [0.3, 0.4) is 0 Å². The van der Waals surface area contributed by atoms with Crippen molar-refractivity contribution in [2.24, 2.45) is 0 Å². The Morgan fingerprint density at radius 2 is 2.00 bits per heavy atom. The molecule has 1 aromatic rings. The van der Waals surface area contributed by atoms with Crippen molar-refractivity contribution in [3.63, 3.8) is 0 Å². The third-order valence-corrected chi connectivity index (χ3v) is 1.89. The fourth-order valence-corrected chi connectivity index (χ4v) is 1.18. The summed E-state index contributed by atoms with van der Waals surface area (Å²) in [6.07, 6.45) is 10.9. The molecule has 0 aliphatic rings. The minimum Gasteiger partial charge on any atom is -0.261 e. The second-order valence-electron chi connectivity index (χ2n) is 3.10. The summed E-state index contributed by atoms with van der Waals surface area (Å²) in [4.78, 5) is 8.54. The van der Waals surface area contributed by atoms with Gasteiger partial charge in [-0.15, -0.1) is 0 Å². The van der Waals surface area contributed by atoms with Gasteiger partial charge in [0, 0.05) is 6.20 Å². The highest BCUT2D eigenvalue weighted by atomic mass is 14.8. The van der Waals surface area contributed by atoms with Crippen molar-refractivity contribution in [1.82, 2.24) is 9.97 Å². The normalized spacial score (nSPS) is 11.2. The van der Waals surface area contributed by atoms with E-state index in [9.17, 15) is 0 Å². The number of hydrogen-bond donors (Lipinski definition) is 0.